The molecule has 2 nitrogen and oxygen atoms in total. The van der Waals surface area contributed by atoms with Crippen LogP contribution in [0.15, 0.2) is 30.3 Å². The molecule has 1 aliphatic rings. The van der Waals surface area contributed by atoms with E-state index in [1.807, 2.05) is 0 Å². The standard InChI is InChI=1S/C14H18N2/c1-4-8-16(9-5-1)11-13-10-12-6-2-3-7-14(12)15-13/h2-3,6-7,10,15H,1,4-5,8-9,11H2. The summed E-state index contributed by atoms with van der Waals surface area (Å²) < 4.78 is 0. The van der Waals surface area contributed by atoms with Crippen LogP contribution in [0.1, 0.15) is 25.0 Å². The number of piperidine rings is 1. The normalized spacial score (nSPS) is 18.0. The van der Waals surface area contributed by atoms with Gasteiger partial charge >= 0.3 is 0 Å². The van der Waals surface area contributed by atoms with Crippen LogP contribution in [0, 0.1) is 0 Å². The Hall–Kier alpha value is -1.28. The highest BCUT2D eigenvalue weighted by Gasteiger charge is 2.11. The number of fused-ring (bicyclic) bond motifs is 1. The molecule has 1 aromatic heterocycles. The molecule has 0 atom stereocenters. The fourth-order valence-corrected chi connectivity index (χ4v) is 2.58. The van der Waals surface area contributed by atoms with Crippen LogP contribution in [-0.2, 0) is 6.54 Å². The maximum atomic E-state index is 3.50. The first-order valence-electron chi connectivity index (χ1n) is 6.21. The highest BCUT2D eigenvalue weighted by atomic mass is 15.1. The first-order valence-corrected chi connectivity index (χ1v) is 6.21. The molecule has 2 aromatic rings. The van der Waals surface area contributed by atoms with Crippen molar-refractivity contribution >= 4 is 10.9 Å². The van der Waals surface area contributed by atoms with Gasteiger partial charge in [0.2, 0.25) is 0 Å². The average molecular weight is 214 g/mol. The summed E-state index contributed by atoms with van der Waals surface area (Å²) in [5, 5.41) is 1.33. The van der Waals surface area contributed by atoms with Gasteiger partial charge < -0.3 is 4.98 Å². The summed E-state index contributed by atoms with van der Waals surface area (Å²) in [5.74, 6) is 0. The molecule has 0 spiro atoms. The van der Waals surface area contributed by atoms with Crippen molar-refractivity contribution in [1.29, 1.82) is 0 Å². The van der Waals surface area contributed by atoms with Crippen molar-refractivity contribution in [3.63, 3.8) is 0 Å². The molecule has 1 N–H and O–H groups in total. The lowest BCUT2D eigenvalue weighted by molar-refractivity contribution is 0.219. The Morgan fingerprint density at radius 2 is 1.88 bits per heavy atom. The van der Waals surface area contributed by atoms with Crippen LogP contribution < -0.4 is 0 Å². The van der Waals surface area contributed by atoms with Gasteiger partial charge in [0.1, 0.15) is 0 Å². The third-order valence-electron chi connectivity index (χ3n) is 3.43. The van der Waals surface area contributed by atoms with Crippen LogP contribution in [0.2, 0.25) is 0 Å². The zero-order chi connectivity index (χ0) is 10.8. The Morgan fingerprint density at radius 1 is 1.06 bits per heavy atom. The second-order valence-electron chi connectivity index (χ2n) is 4.72. The fourth-order valence-electron chi connectivity index (χ4n) is 2.58. The van der Waals surface area contributed by atoms with Gasteiger partial charge in [-0.3, -0.25) is 4.90 Å². The van der Waals surface area contributed by atoms with E-state index in [4.69, 9.17) is 0 Å². The summed E-state index contributed by atoms with van der Waals surface area (Å²) >= 11 is 0. The maximum absolute atomic E-state index is 3.50. The van der Waals surface area contributed by atoms with Crippen molar-refractivity contribution in [2.45, 2.75) is 25.8 Å². The Balaban J connectivity index is 1.78. The number of hydrogen-bond donors (Lipinski definition) is 1. The van der Waals surface area contributed by atoms with Gasteiger partial charge in [-0.05, 0) is 43.5 Å². The van der Waals surface area contributed by atoms with Gasteiger partial charge in [0, 0.05) is 17.8 Å². The molecule has 0 unspecified atom stereocenters. The molecule has 0 aliphatic carbocycles. The first kappa shape index (κ1) is 9.91. The highest BCUT2D eigenvalue weighted by molar-refractivity contribution is 5.80. The van der Waals surface area contributed by atoms with E-state index in [1.54, 1.807) is 0 Å². The van der Waals surface area contributed by atoms with Gasteiger partial charge in [-0.25, -0.2) is 0 Å². The van der Waals surface area contributed by atoms with Crippen LogP contribution in [0.3, 0.4) is 0 Å². The van der Waals surface area contributed by atoms with E-state index in [0.717, 1.165) is 6.54 Å². The zero-order valence-corrected chi connectivity index (χ0v) is 9.58. The fraction of sp³-hybridized carbons (Fsp3) is 0.429. The minimum Gasteiger partial charge on any atom is -0.357 e. The third kappa shape index (κ3) is 1.98. The van der Waals surface area contributed by atoms with Gasteiger partial charge in [0.25, 0.3) is 0 Å². The van der Waals surface area contributed by atoms with Crippen molar-refractivity contribution in [2.75, 3.05) is 13.1 Å². The van der Waals surface area contributed by atoms with Crippen LogP contribution in [0.5, 0.6) is 0 Å². The lowest BCUT2D eigenvalue weighted by atomic mass is 10.1. The average Bonchev–Trinajstić information content (AvgIpc) is 2.72. The zero-order valence-electron chi connectivity index (χ0n) is 9.58. The lowest BCUT2D eigenvalue weighted by Gasteiger charge is -2.25. The molecule has 3 rings (SSSR count). The predicted molar refractivity (Wildman–Crippen MR) is 67.4 cm³/mol. The Kier molecular flexibility index (Phi) is 2.66. The second-order valence-corrected chi connectivity index (χ2v) is 4.72. The minimum atomic E-state index is 1.08. The van der Waals surface area contributed by atoms with Crippen LogP contribution in [-0.4, -0.2) is 23.0 Å². The quantitative estimate of drug-likeness (QED) is 0.813. The Morgan fingerprint density at radius 3 is 2.69 bits per heavy atom. The smallest absolute Gasteiger partial charge is 0.0456 e. The minimum absolute atomic E-state index is 1.08. The summed E-state index contributed by atoms with van der Waals surface area (Å²) in [6.07, 6.45) is 4.13. The Labute approximate surface area is 96.3 Å². The second kappa shape index (κ2) is 4.30. The van der Waals surface area contributed by atoms with Crippen molar-refractivity contribution in [3.8, 4) is 0 Å². The van der Waals surface area contributed by atoms with E-state index in [9.17, 15) is 0 Å². The number of aromatic amines is 1. The van der Waals surface area contributed by atoms with Crippen molar-refractivity contribution in [2.24, 2.45) is 0 Å². The molecule has 1 saturated heterocycles. The van der Waals surface area contributed by atoms with E-state index >= 15 is 0 Å². The molecule has 84 valence electrons. The number of aromatic nitrogens is 1. The van der Waals surface area contributed by atoms with E-state index in [2.05, 4.69) is 40.2 Å². The van der Waals surface area contributed by atoms with Gasteiger partial charge in [-0.15, -0.1) is 0 Å². The first-order chi connectivity index (χ1) is 7.92. The summed E-state index contributed by atoms with van der Waals surface area (Å²) in [4.78, 5) is 6.05. The van der Waals surface area contributed by atoms with Crippen molar-refractivity contribution in [3.05, 3.63) is 36.0 Å². The monoisotopic (exact) mass is 214 g/mol. The molecule has 1 aliphatic heterocycles. The molecule has 2 heteroatoms. The van der Waals surface area contributed by atoms with Crippen LogP contribution in [0.25, 0.3) is 10.9 Å². The van der Waals surface area contributed by atoms with Crippen molar-refractivity contribution in [1.82, 2.24) is 9.88 Å². The van der Waals surface area contributed by atoms with Gasteiger partial charge in [0.15, 0.2) is 0 Å². The number of H-pyrrole nitrogens is 1. The number of benzene rings is 1. The van der Waals surface area contributed by atoms with Crippen LogP contribution >= 0.6 is 0 Å². The number of rotatable bonds is 2. The van der Waals surface area contributed by atoms with Gasteiger partial charge in [-0.1, -0.05) is 24.6 Å². The number of nitrogens with zero attached hydrogens (tertiary/aromatic N) is 1. The molecule has 1 fully saturated rings. The maximum Gasteiger partial charge on any atom is 0.0456 e. The van der Waals surface area contributed by atoms with Gasteiger partial charge in [0.05, 0.1) is 0 Å². The number of para-hydroxylation sites is 1. The van der Waals surface area contributed by atoms with E-state index in [0.29, 0.717) is 0 Å². The molecule has 2 heterocycles. The molecule has 0 amide bonds. The van der Waals surface area contributed by atoms with E-state index < -0.39 is 0 Å². The molecule has 0 bridgehead atoms. The SMILES string of the molecule is c1ccc2[nH]c(CN3CCCCC3)cc2c1. The topological polar surface area (TPSA) is 19.0 Å². The summed E-state index contributed by atoms with van der Waals surface area (Å²) in [5.41, 5.74) is 2.61. The Bertz CT molecular complexity index is 433. The number of likely N-dealkylation sites (tertiary alicyclic amines) is 1. The molecule has 0 radical (unpaired) electrons. The number of nitrogens with one attached hydrogen (secondary N) is 1. The van der Waals surface area contributed by atoms with E-state index in [-0.39, 0.29) is 0 Å². The summed E-state index contributed by atoms with van der Waals surface area (Å²) in [6.45, 7) is 3.60. The largest absolute Gasteiger partial charge is 0.357 e. The van der Waals surface area contributed by atoms with Crippen molar-refractivity contribution < 1.29 is 0 Å². The molecular formula is C14H18N2. The highest BCUT2D eigenvalue weighted by Crippen LogP contribution is 2.17. The summed E-state index contributed by atoms with van der Waals surface area (Å²) in [6, 6.07) is 10.8. The molecular weight excluding hydrogens is 196 g/mol. The van der Waals surface area contributed by atoms with E-state index in [1.165, 1.54) is 48.9 Å². The predicted octanol–water partition coefficient (Wildman–Crippen LogP) is 3.15. The third-order valence-corrected chi connectivity index (χ3v) is 3.43. The van der Waals surface area contributed by atoms with Gasteiger partial charge in [-0.2, -0.15) is 0 Å². The number of hydrogen-bond acceptors (Lipinski definition) is 1. The lowest BCUT2D eigenvalue weighted by Crippen LogP contribution is -2.29. The summed E-state index contributed by atoms with van der Waals surface area (Å²) in [7, 11) is 0. The molecule has 16 heavy (non-hydrogen) atoms. The molecule has 1 aromatic carbocycles. The molecule has 0 saturated carbocycles. The van der Waals surface area contributed by atoms with Crippen LogP contribution in [0.4, 0.5) is 0 Å².